The van der Waals surface area contributed by atoms with Crippen LogP contribution in [-0.2, 0) is 11.2 Å². The molecule has 0 radical (unpaired) electrons. The molecule has 100 valence electrons. The first kappa shape index (κ1) is 14.6. The van der Waals surface area contributed by atoms with E-state index in [-0.39, 0.29) is 12.0 Å². The predicted octanol–water partition coefficient (Wildman–Crippen LogP) is 2.35. The molecule has 0 aromatic heterocycles. The van der Waals surface area contributed by atoms with Gasteiger partial charge in [-0.15, -0.1) is 0 Å². The van der Waals surface area contributed by atoms with Crippen LogP contribution in [0.4, 0.5) is 8.78 Å². The van der Waals surface area contributed by atoms with Crippen molar-refractivity contribution in [1.82, 2.24) is 5.32 Å². The molecule has 2 N–H and O–H groups in total. The van der Waals surface area contributed by atoms with Gasteiger partial charge in [-0.3, -0.25) is 4.79 Å². The second kappa shape index (κ2) is 7.06. The maximum absolute atomic E-state index is 13.3. The number of halogens is 2. The second-order valence-corrected chi connectivity index (χ2v) is 4.10. The van der Waals surface area contributed by atoms with Crippen LogP contribution in [0.25, 0.3) is 0 Å². The van der Waals surface area contributed by atoms with Crippen molar-refractivity contribution >= 4 is 5.97 Å². The largest absolute Gasteiger partial charge is 0.480 e. The van der Waals surface area contributed by atoms with E-state index in [1.54, 1.807) is 0 Å². The van der Waals surface area contributed by atoms with Crippen molar-refractivity contribution in [2.24, 2.45) is 0 Å². The molecule has 1 aromatic rings. The van der Waals surface area contributed by atoms with Gasteiger partial charge in [0.25, 0.3) is 0 Å². The lowest BCUT2D eigenvalue weighted by molar-refractivity contribution is -0.139. The third kappa shape index (κ3) is 4.07. The highest BCUT2D eigenvalue weighted by molar-refractivity contribution is 5.73. The highest BCUT2D eigenvalue weighted by Gasteiger charge is 2.15. The average molecular weight is 257 g/mol. The summed E-state index contributed by atoms with van der Waals surface area (Å²) in [4.78, 5) is 10.9. The number of carboxylic acid groups (broad SMARTS) is 1. The number of hydrogen-bond donors (Lipinski definition) is 2. The van der Waals surface area contributed by atoms with Gasteiger partial charge < -0.3 is 10.4 Å². The number of nitrogens with one attached hydrogen (secondary N) is 1. The summed E-state index contributed by atoms with van der Waals surface area (Å²) in [6.07, 6.45) is 1.52. The third-order valence-electron chi connectivity index (χ3n) is 2.69. The Labute approximate surface area is 105 Å². The maximum atomic E-state index is 13.3. The average Bonchev–Trinajstić information content (AvgIpc) is 2.33. The van der Waals surface area contributed by atoms with Gasteiger partial charge in [-0.1, -0.05) is 25.5 Å². The lowest BCUT2D eigenvalue weighted by atomic mass is 10.1. The summed E-state index contributed by atoms with van der Waals surface area (Å²) < 4.78 is 26.2. The first-order chi connectivity index (χ1) is 8.56. The van der Waals surface area contributed by atoms with E-state index in [1.165, 1.54) is 12.1 Å². The van der Waals surface area contributed by atoms with Crippen molar-refractivity contribution in [2.45, 2.75) is 32.2 Å². The highest BCUT2D eigenvalue weighted by Crippen LogP contribution is 2.11. The van der Waals surface area contributed by atoms with Crippen LogP contribution >= 0.6 is 0 Å². The fourth-order valence-corrected chi connectivity index (χ4v) is 1.72. The monoisotopic (exact) mass is 257 g/mol. The Balaban J connectivity index is 2.50. The van der Waals surface area contributed by atoms with E-state index in [1.807, 2.05) is 6.92 Å². The molecule has 0 unspecified atom stereocenters. The quantitative estimate of drug-likeness (QED) is 0.788. The molecule has 0 amide bonds. The summed E-state index contributed by atoms with van der Waals surface area (Å²) in [6.45, 7) is 2.20. The van der Waals surface area contributed by atoms with Gasteiger partial charge in [0, 0.05) is 6.54 Å². The van der Waals surface area contributed by atoms with Gasteiger partial charge >= 0.3 is 5.97 Å². The number of carboxylic acids is 1. The maximum Gasteiger partial charge on any atom is 0.320 e. The number of benzene rings is 1. The number of carbonyl (C=O) groups is 1. The predicted molar refractivity (Wildman–Crippen MR) is 64.4 cm³/mol. The Bertz CT molecular complexity index is 410. The fraction of sp³-hybridized carbons (Fsp3) is 0.462. The van der Waals surface area contributed by atoms with Crippen LogP contribution in [0.1, 0.15) is 25.3 Å². The van der Waals surface area contributed by atoms with Crippen molar-refractivity contribution in [3.8, 4) is 0 Å². The molecule has 0 aliphatic carbocycles. The van der Waals surface area contributed by atoms with Crippen LogP contribution in [0.3, 0.4) is 0 Å². The van der Waals surface area contributed by atoms with Gasteiger partial charge in [0.15, 0.2) is 11.6 Å². The van der Waals surface area contributed by atoms with Crippen LogP contribution in [0.15, 0.2) is 18.2 Å². The Morgan fingerprint density at radius 1 is 1.44 bits per heavy atom. The first-order valence-electron chi connectivity index (χ1n) is 5.95. The number of hydrogen-bond acceptors (Lipinski definition) is 2. The standard InChI is InChI=1S/C13H17F2NO2/c1-2-4-11(13(17)18)16-8-7-9-5-3-6-10(14)12(9)15/h3,5-6,11,16H,2,4,7-8H2,1H3,(H,17,18)/t11-/m0/s1. The van der Waals surface area contributed by atoms with Gasteiger partial charge in [0.2, 0.25) is 0 Å². The van der Waals surface area contributed by atoms with Gasteiger partial charge in [-0.2, -0.15) is 0 Å². The lowest BCUT2D eigenvalue weighted by Gasteiger charge is -2.13. The van der Waals surface area contributed by atoms with Crippen molar-refractivity contribution in [2.75, 3.05) is 6.54 Å². The number of aliphatic carboxylic acids is 1. The van der Waals surface area contributed by atoms with Crippen LogP contribution in [0, 0.1) is 11.6 Å². The summed E-state index contributed by atoms with van der Waals surface area (Å²) in [5.74, 6) is -2.66. The summed E-state index contributed by atoms with van der Waals surface area (Å²) in [6, 6.07) is 3.36. The summed E-state index contributed by atoms with van der Waals surface area (Å²) in [5, 5.41) is 11.7. The van der Waals surface area contributed by atoms with Gasteiger partial charge in [0.05, 0.1) is 0 Å². The Morgan fingerprint density at radius 3 is 2.78 bits per heavy atom. The van der Waals surface area contributed by atoms with E-state index in [0.29, 0.717) is 13.0 Å². The zero-order valence-electron chi connectivity index (χ0n) is 10.2. The molecule has 1 rings (SSSR count). The van der Waals surface area contributed by atoms with E-state index in [9.17, 15) is 13.6 Å². The molecule has 5 heteroatoms. The lowest BCUT2D eigenvalue weighted by Crippen LogP contribution is -2.37. The minimum atomic E-state index is -0.920. The highest BCUT2D eigenvalue weighted by atomic mass is 19.2. The Hall–Kier alpha value is -1.49. The van der Waals surface area contributed by atoms with Gasteiger partial charge in [-0.05, 0) is 24.5 Å². The zero-order chi connectivity index (χ0) is 13.5. The molecule has 0 heterocycles. The SMILES string of the molecule is CCC[C@H](NCCc1cccc(F)c1F)C(=O)O. The summed E-state index contributed by atoms with van der Waals surface area (Å²) >= 11 is 0. The minimum absolute atomic E-state index is 0.253. The van der Waals surface area contributed by atoms with E-state index in [4.69, 9.17) is 5.11 Å². The second-order valence-electron chi connectivity index (χ2n) is 4.10. The first-order valence-corrected chi connectivity index (χ1v) is 5.95. The molecule has 1 atom stereocenters. The van der Waals surface area contributed by atoms with E-state index < -0.39 is 23.6 Å². The molecule has 0 aliphatic rings. The molecule has 0 aliphatic heterocycles. The van der Waals surface area contributed by atoms with Crippen LogP contribution in [0.2, 0.25) is 0 Å². The van der Waals surface area contributed by atoms with Crippen LogP contribution < -0.4 is 5.32 Å². The zero-order valence-corrected chi connectivity index (χ0v) is 10.2. The molecule has 1 aromatic carbocycles. The Kier molecular flexibility index (Phi) is 5.71. The molecule has 0 bridgehead atoms. The van der Waals surface area contributed by atoms with Crippen LogP contribution in [-0.4, -0.2) is 23.7 Å². The molecular formula is C13H17F2NO2. The number of rotatable bonds is 7. The van der Waals surface area contributed by atoms with Crippen molar-refractivity contribution < 1.29 is 18.7 Å². The smallest absolute Gasteiger partial charge is 0.320 e. The molecule has 18 heavy (non-hydrogen) atoms. The third-order valence-corrected chi connectivity index (χ3v) is 2.69. The minimum Gasteiger partial charge on any atom is -0.480 e. The van der Waals surface area contributed by atoms with Gasteiger partial charge in [-0.25, -0.2) is 8.78 Å². The van der Waals surface area contributed by atoms with Gasteiger partial charge in [0.1, 0.15) is 6.04 Å². The molecule has 0 spiro atoms. The van der Waals surface area contributed by atoms with Crippen LogP contribution in [0.5, 0.6) is 0 Å². The Morgan fingerprint density at radius 2 is 2.17 bits per heavy atom. The van der Waals surface area contributed by atoms with E-state index in [2.05, 4.69) is 5.32 Å². The van der Waals surface area contributed by atoms with Crippen molar-refractivity contribution in [1.29, 1.82) is 0 Å². The molecule has 0 fully saturated rings. The normalized spacial score (nSPS) is 12.4. The van der Waals surface area contributed by atoms with E-state index in [0.717, 1.165) is 12.5 Å². The molecular weight excluding hydrogens is 240 g/mol. The summed E-state index contributed by atoms with van der Waals surface area (Å²) in [7, 11) is 0. The molecule has 3 nitrogen and oxygen atoms in total. The van der Waals surface area contributed by atoms with Crippen molar-refractivity contribution in [3.63, 3.8) is 0 Å². The topological polar surface area (TPSA) is 49.3 Å². The van der Waals surface area contributed by atoms with Crippen molar-refractivity contribution in [3.05, 3.63) is 35.4 Å². The molecule has 0 saturated heterocycles. The molecule has 0 saturated carbocycles. The van der Waals surface area contributed by atoms with E-state index >= 15 is 0 Å². The fourth-order valence-electron chi connectivity index (χ4n) is 1.72. The summed E-state index contributed by atoms with van der Waals surface area (Å²) in [5.41, 5.74) is 0.253.